The summed E-state index contributed by atoms with van der Waals surface area (Å²) in [5.74, 6) is 0.924. The van der Waals surface area contributed by atoms with Crippen LogP contribution >= 0.6 is 0 Å². The number of methoxy groups -OCH3 is 1. The molecule has 0 aromatic heterocycles. The Labute approximate surface area is 121 Å². The molecule has 2 aromatic rings. The van der Waals surface area contributed by atoms with E-state index in [1.807, 2.05) is 12.1 Å². The zero-order chi connectivity index (χ0) is 14.4. The van der Waals surface area contributed by atoms with Gasteiger partial charge in [0.25, 0.3) is 0 Å². The van der Waals surface area contributed by atoms with Crippen LogP contribution in [-0.4, -0.2) is 13.7 Å². The van der Waals surface area contributed by atoms with Crippen molar-refractivity contribution in [1.29, 1.82) is 0 Å². The summed E-state index contributed by atoms with van der Waals surface area (Å²) in [5, 5.41) is 2.38. The van der Waals surface area contributed by atoms with Crippen molar-refractivity contribution in [3.63, 3.8) is 0 Å². The first-order chi connectivity index (χ1) is 9.69. The van der Waals surface area contributed by atoms with Crippen LogP contribution in [0.3, 0.4) is 0 Å². The van der Waals surface area contributed by atoms with E-state index in [0.29, 0.717) is 0 Å². The number of rotatable bonds is 6. The highest BCUT2D eigenvalue weighted by molar-refractivity contribution is 5.29. The maximum absolute atomic E-state index is 5.17. The van der Waals surface area contributed by atoms with Crippen LogP contribution in [-0.2, 0) is 13.0 Å². The number of hydrogen-bond acceptors (Lipinski definition) is 1. The molecule has 0 aliphatic carbocycles. The molecule has 0 saturated carbocycles. The number of aryl methyl sites for hydroxylation is 2. The summed E-state index contributed by atoms with van der Waals surface area (Å²) in [6.45, 7) is 6.51. The predicted molar refractivity (Wildman–Crippen MR) is 83.1 cm³/mol. The Balaban J connectivity index is 1.78. The second-order valence-corrected chi connectivity index (χ2v) is 5.31. The summed E-state index contributed by atoms with van der Waals surface area (Å²) in [6, 6.07) is 15.0. The van der Waals surface area contributed by atoms with Crippen molar-refractivity contribution in [3.05, 3.63) is 64.7 Å². The van der Waals surface area contributed by atoms with E-state index in [-0.39, 0.29) is 0 Å². The normalized spacial score (nSPS) is 10.6. The fraction of sp³-hybridized carbons (Fsp3) is 0.333. The Hall–Kier alpha value is -1.80. The fourth-order valence-electron chi connectivity index (χ4n) is 2.39. The number of ether oxygens (including phenoxy) is 1. The lowest BCUT2D eigenvalue weighted by Crippen LogP contribution is -2.83. The van der Waals surface area contributed by atoms with E-state index in [0.717, 1.165) is 25.3 Å². The number of quaternary nitrogens is 1. The van der Waals surface area contributed by atoms with E-state index in [4.69, 9.17) is 4.74 Å². The smallest absolute Gasteiger partial charge is 0.118 e. The quantitative estimate of drug-likeness (QED) is 0.802. The number of benzene rings is 2. The van der Waals surface area contributed by atoms with E-state index in [2.05, 4.69) is 49.5 Å². The van der Waals surface area contributed by atoms with Gasteiger partial charge in [-0.1, -0.05) is 35.9 Å². The molecule has 2 nitrogen and oxygen atoms in total. The third kappa shape index (κ3) is 4.10. The van der Waals surface area contributed by atoms with Gasteiger partial charge >= 0.3 is 0 Å². The molecule has 0 aliphatic heterocycles. The van der Waals surface area contributed by atoms with Gasteiger partial charge < -0.3 is 10.1 Å². The third-order valence-corrected chi connectivity index (χ3v) is 3.66. The zero-order valence-electron chi connectivity index (χ0n) is 12.6. The van der Waals surface area contributed by atoms with Crippen LogP contribution in [0.2, 0.25) is 0 Å². The molecule has 2 aromatic carbocycles. The van der Waals surface area contributed by atoms with Crippen molar-refractivity contribution >= 4 is 0 Å². The van der Waals surface area contributed by atoms with Gasteiger partial charge in [0.15, 0.2) is 0 Å². The molecular formula is C18H24NO+. The van der Waals surface area contributed by atoms with E-state index >= 15 is 0 Å². The molecule has 0 saturated heterocycles. The Bertz CT molecular complexity index is 546. The summed E-state index contributed by atoms with van der Waals surface area (Å²) in [6.07, 6.45) is 1.09. The topological polar surface area (TPSA) is 25.8 Å². The minimum absolute atomic E-state index is 0.924. The van der Waals surface area contributed by atoms with E-state index in [1.165, 1.54) is 22.3 Å². The Kier molecular flexibility index (Phi) is 5.19. The Morgan fingerprint density at radius 2 is 1.75 bits per heavy atom. The third-order valence-electron chi connectivity index (χ3n) is 3.66. The summed E-state index contributed by atoms with van der Waals surface area (Å²) in [7, 11) is 1.70. The van der Waals surface area contributed by atoms with Gasteiger partial charge in [0, 0.05) is 12.0 Å². The molecule has 20 heavy (non-hydrogen) atoms. The van der Waals surface area contributed by atoms with E-state index in [9.17, 15) is 0 Å². The van der Waals surface area contributed by atoms with Crippen LogP contribution in [0.1, 0.15) is 22.3 Å². The monoisotopic (exact) mass is 270 g/mol. The number of hydrogen-bond donors (Lipinski definition) is 1. The molecule has 2 N–H and O–H groups in total. The van der Waals surface area contributed by atoms with E-state index < -0.39 is 0 Å². The fourth-order valence-corrected chi connectivity index (χ4v) is 2.39. The summed E-state index contributed by atoms with van der Waals surface area (Å²) in [5.41, 5.74) is 5.53. The second kappa shape index (κ2) is 7.11. The van der Waals surface area contributed by atoms with Crippen LogP contribution in [0.4, 0.5) is 0 Å². The Morgan fingerprint density at radius 3 is 2.40 bits per heavy atom. The first-order valence-corrected chi connectivity index (χ1v) is 7.20. The summed E-state index contributed by atoms with van der Waals surface area (Å²) in [4.78, 5) is 0. The van der Waals surface area contributed by atoms with Crippen LogP contribution < -0.4 is 10.1 Å². The molecule has 0 unspecified atom stereocenters. The molecule has 2 rings (SSSR count). The Morgan fingerprint density at radius 1 is 1.00 bits per heavy atom. The molecule has 0 amide bonds. The van der Waals surface area contributed by atoms with Crippen molar-refractivity contribution < 1.29 is 10.1 Å². The highest BCUT2D eigenvalue weighted by Crippen LogP contribution is 2.11. The molecule has 0 atom stereocenters. The summed E-state index contributed by atoms with van der Waals surface area (Å²) >= 11 is 0. The lowest BCUT2D eigenvalue weighted by atomic mass is 10.1. The van der Waals surface area contributed by atoms with Gasteiger partial charge in [0.05, 0.1) is 13.7 Å². The van der Waals surface area contributed by atoms with Crippen molar-refractivity contribution in [2.45, 2.75) is 26.8 Å². The van der Waals surface area contributed by atoms with Crippen LogP contribution in [0.15, 0.2) is 42.5 Å². The summed E-state index contributed by atoms with van der Waals surface area (Å²) < 4.78 is 5.17. The minimum atomic E-state index is 0.924. The van der Waals surface area contributed by atoms with Crippen molar-refractivity contribution in [1.82, 2.24) is 0 Å². The standard InChI is InChI=1S/C18H23NO/c1-14-4-7-17(15(2)12-14)13-19-11-10-16-5-8-18(20-3)9-6-16/h4-9,12,19H,10-11,13H2,1-3H3/p+1. The molecular weight excluding hydrogens is 246 g/mol. The van der Waals surface area contributed by atoms with Crippen molar-refractivity contribution in [2.24, 2.45) is 0 Å². The lowest BCUT2D eigenvalue weighted by Gasteiger charge is -2.07. The highest BCUT2D eigenvalue weighted by atomic mass is 16.5. The van der Waals surface area contributed by atoms with Gasteiger partial charge in [-0.2, -0.15) is 0 Å². The first kappa shape index (κ1) is 14.6. The van der Waals surface area contributed by atoms with Crippen LogP contribution in [0.25, 0.3) is 0 Å². The molecule has 0 heterocycles. The highest BCUT2D eigenvalue weighted by Gasteiger charge is 2.01. The van der Waals surface area contributed by atoms with Gasteiger partial charge in [-0.3, -0.25) is 0 Å². The molecule has 0 spiro atoms. The number of nitrogens with two attached hydrogens (primary N) is 1. The maximum Gasteiger partial charge on any atom is 0.118 e. The molecule has 106 valence electrons. The maximum atomic E-state index is 5.17. The average Bonchev–Trinajstić information content (AvgIpc) is 2.46. The van der Waals surface area contributed by atoms with Crippen LogP contribution in [0, 0.1) is 13.8 Å². The molecule has 0 radical (unpaired) electrons. The van der Waals surface area contributed by atoms with Gasteiger partial charge in [0.2, 0.25) is 0 Å². The molecule has 0 aliphatic rings. The molecule has 0 bridgehead atoms. The largest absolute Gasteiger partial charge is 0.497 e. The van der Waals surface area contributed by atoms with E-state index in [1.54, 1.807) is 7.11 Å². The van der Waals surface area contributed by atoms with Gasteiger partial charge in [-0.15, -0.1) is 0 Å². The SMILES string of the molecule is COc1ccc(CC[NH2+]Cc2ccc(C)cc2C)cc1. The zero-order valence-corrected chi connectivity index (χ0v) is 12.6. The second-order valence-electron chi connectivity index (χ2n) is 5.31. The molecule has 0 fully saturated rings. The first-order valence-electron chi connectivity index (χ1n) is 7.20. The van der Waals surface area contributed by atoms with Crippen molar-refractivity contribution in [3.8, 4) is 5.75 Å². The van der Waals surface area contributed by atoms with Gasteiger partial charge in [-0.05, 0) is 37.1 Å². The van der Waals surface area contributed by atoms with Gasteiger partial charge in [-0.25, -0.2) is 0 Å². The lowest BCUT2D eigenvalue weighted by molar-refractivity contribution is -0.670. The van der Waals surface area contributed by atoms with Crippen LogP contribution in [0.5, 0.6) is 5.75 Å². The molecule has 2 heteroatoms. The van der Waals surface area contributed by atoms with Crippen molar-refractivity contribution in [2.75, 3.05) is 13.7 Å². The average molecular weight is 270 g/mol. The van der Waals surface area contributed by atoms with Gasteiger partial charge in [0.1, 0.15) is 12.3 Å². The predicted octanol–water partition coefficient (Wildman–Crippen LogP) is 2.62. The minimum Gasteiger partial charge on any atom is -0.497 e.